The lowest BCUT2D eigenvalue weighted by Crippen LogP contribution is -2.49. The number of furan rings is 1. The van der Waals surface area contributed by atoms with Crippen LogP contribution in [0.5, 0.6) is 5.75 Å². The van der Waals surface area contributed by atoms with Crippen LogP contribution in [0.25, 0.3) is 0 Å². The Hall–Kier alpha value is -3.25. The van der Waals surface area contributed by atoms with Gasteiger partial charge in [0.1, 0.15) is 11.5 Å². The van der Waals surface area contributed by atoms with Gasteiger partial charge >= 0.3 is 0 Å². The van der Waals surface area contributed by atoms with Gasteiger partial charge in [-0.05, 0) is 48.5 Å². The quantitative estimate of drug-likeness (QED) is 0.651. The Morgan fingerprint density at radius 2 is 1.73 bits per heavy atom. The minimum atomic E-state index is -0.0657. The molecule has 0 spiro atoms. The first-order valence-electron chi connectivity index (χ1n) is 10.2. The molecule has 0 radical (unpaired) electrons. The summed E-state index contributed by atoms with van der Waals surface area (Å²) in [6.45, 7) is 4.10. The van der Waals surface area contributed by atoms with Gasteiger partial charge in [0, 0.05) is 44.0 Å². The van der Waals surface area contributed by atoms with Gasteiger partial charge in [-0.2, -0.15) is 0 Å². The zero-order valence-corrected chi connectivity index (χ0v) is 17.2. The molecule has 3 aromatic rings. The molecule has 1 aliphatic rings. The molecule has 1 unspecified atom stereocenters. The van der Waals surface area contributed by atoms with Crippen molar-refractivity contribution >= 4 is 11.6 Å². The first kappa shape index (κ1) is 20.0. The molecule has 1 amide bonds. The van der Waals surface area contributed by atoms with E-state index in [0.29, 0.717) is 12.1 Å². The zero-order chi connectivity index (χ0) is 20.8. The van der Waals surface area contributed by atoms with Gasteiger partial charge in [-0.15, -0.1) is 0 Å². The number of benzene rings is 2. The maximum absolute atomic E-state index is 12.5. The fourth-order valence-corrected chi connectivity index (χ4v) is 3.86. The number of carbonyl (C=O) groups excluding carboxylic acids is 1. The molecule has 0 aliphatic carbocycles. The fraction of sp³-hybridized carbons (Fsp3) is 0.292. The number of nitrogens with one attached hydrogen (secondary N) is 1. The number of amides is 1. The third-order valence-electron chi connectivity index (χ3n) is 5.56. The van der Waals surface area contributed by atoms with E-state index in [1.807, 2.05) is 54.6 Å². The highest BCUT2D eigenvalue weighted by atomic mass is 16.5. The molecule has 6 nitrogen and oxygen atoms in total. The Bertz CT molecular complexity index is 918. The summed E-state index contributed by atoms with van der Waals surface area (Å²) >= 11 is 0. The van der Waals surface area contributed by atoms with E-state index in [9.17, 15) is 4.79 Å². The molecule has 4 rings (SSSR count). The summed E-state index contributed by atoms with van der Waals surface area (Å²) in [4.78, 5) is 17.3. The van der Waals surface area contributed by atoms with E-state index in [1.165, 1.54) is 5.69 Å². The van der Waals surface area contributed by atoms with Crippen LogP contribution in [-0.2, 0) is 0 Å². The van der Waals surface area contributed by atoms with Crippen molar-refractivity contribution in [1.29, 1.82) is 0 Å². The molecule has 156 valence electrons. The van der Waals surface area contributed by atoms with Crippen molar-refractivity contribution in [2.24, 2.45) is 0 Å². The standard InChI is InChI=1S/C24H27N3O3/c1-29-21-11-9-20(10-12-21)26-13-15-27(16-14-26)22(23-8-5-17-30-23)18-25-24(28)19-6-3-2-4-7-19/h2-12,17,22H,13-16,18H2,1H3,(H,25,28). The van der Waals surface area contributed by atoms with Gasteiger partial charge < -0.3 is 19.4 Å². The molecular weight excluding hydrogens is 378 g/mol. The third kappa shape index (κ3) is 4.66. The summed E-state index contributed by atoms with van der Waals surface area (Å²) in [7, 11) is 1.68. The maximum atomic E-state index is 12.5. The number of methoxy groups -OCH3 is 1. The Morgan fingerprint density at radius 1 is 1.00 bits per heavy atom. The highest BCUT2D eigenvalue weighted by Gasteiger charge is 2.27. The molecule has 1 aliphatic heterocycles. The molecule has 1 fully saturated rings. The lowest BCUT2D eigenvalue weighted by Gasteiger charge is -2.39. The number of anilines is 1. The van der Waals surface area contributed by atoms with Gasteiger partial charge in [0.05, 0.1) is 19.4 Å². The number of carbonyl (C=O) groups is 1. The highest BCUT2D eigenvalue weighted by Crippen LogP contribution is 2.25. The summed E-state index contributed by atoms with van der Waals surface area (Å²) in [5.74, 6) is 1.68. The van der Waals surface area contributed by atoms with Gasteiger partial charge in [0.2, 0.25) is 0 Å². The molecule has 1 aromatic heterocycles. The van der Waals surface area contributed by atoms with Crippen LogP contribution in [0.1, 0.15) is 22.2 Å². The zero-order valence-electron chi connectivity index (χ0n) is 17.2. The normalized spacial score (nSPS) is 15.6. The summed E-state index contributed by atoms with van der Waals surface area (Å²) < 4.78 is 11.0. The van der Waals surface area contributed by atoms with E-state index in [-0.39, 0.29) is 11.9 Å². The molecular formula is C24H27N3O3. The molecule has 1 N–H and O–H groups in total. The van der Waals surface area contributed by atoms with E-state index >= 15 is 0 Å². The average molecular weight is 405 g/mol. The largest absolute Gasteiger partial charge is 0.497 e. The van der Waals surface area contributed by atoms with Crippen molar-refractivity contribution in [2.75, 3.05) is 44.7 Å². The molecule has 1 atom stereocenters. The van der Waals surface area contributed by atoms with Crippen LogP contribution in [-0.4, -0.2) is 50.6 Å². The second kappa shape index (κ2) is 9.50. The molecule has 0 bridgehead atoms. The van der Waals surface area contributed by atoms with Gasteiger partial charge in [-0.1, -0.05) is 18.2 Å². The van der Waals surface area contributed by atoms with Crippen LogP contribution in [0.3, 0.4) is 0 Å². The van der Waals surface area contributed by atoms with Crippen molar-refractivity contribution in [3.05, 3.63) is 84.3 Å². The van der Waals surface area contributed by atoms with Crippen LogP contribution >= 0.6 is 0 Å². The lowest BCUT2D eigenvalue weighted by molar-refractivity contribution is 0.0923. The summed E-state index contributed by atoms with van der Waals surface area (Å²) in [6, 6.07) is 21.4. The Morgan fingerprint density at radius 3 is 2.37 bits per heavy atom. The van der Waals surface area contributed by atoms with E-state index in [4.69, 9.17) is 9.15 Å². The number of hydrogen-bond acceptors (Lipinski definition) is 5. The van der Waals surface area contributed by atoms with Gasteiger partial charge in [0.25, 0.3) is 5.91 Å². The van der Waals surface area contributed by atoms with Gasteiger partial charge in [-0.25, -0.2) is 0 Å². The van der Waals surface area contributed by atoms with E-state index in [1.54, 1.807) is 13.4 Å². The lowest BCUT2D eigenvalue weighted by atomic mass is 10.1. The molecule has 1 saturated heterocycles. The summed E-state index contributed by atoms with van der Waals surface area (Å²) in [5, 5.41) is 3.07. The minimum Gasteiger partial charge on any atom is -0.497 e. The van der Waals surface area contributed by atoms with E-state index in [2.05, 4.69) is 27.2 Å². The first-order valence-corrected chi connectivity index (χ1v) is 10.2. The predicted molar refractivity (Wildman–Crippen MR) is 117 cm³/mol. The molecule has 2 heterocycles. The Labute approximate surface area is 177 Å². The summed E-state index contributed by atoms with van der Waals surface area (Å²) in [6.07, 6.45) is 1.69. The van der Waals surface area contributed by atoms with Crippen molar-refractivity contribution in [2.45, 2.75) is 6.04 Å². The van der Waals surface area contributed by atoms with Crippen molar-refractivity contribution < 1.29 is 13.9 Å². The highest BCUT2D eigenvalue weighted by molar-refractivity contribution is 5.94. The van der Waals surface area contributed by atoms with Crippen LogP contribution < -0.4 is 15.0 Å². The second-order valence-corrected chi connectivity index (χ2v) is 7.33. The van der Waals surface area contributed by atoms with E-state index < -0.39 is 0 Å². The van der Waals surface area contributed by atoms with Crippen LogP contribution in [0, 0.1) is 0 Å². The minimum absolute atomic E-state index is 0.00526. The number of rotatable bonds is 7. The first-order chi connectivity index (χ1) is 14.7. The number of nitrogens with zero attached hydrogens (tertiary/aromatic N) is 2. The van der Waals surface area contributed by atoms with Gasteiger partial charge in [0.15, 0.2) is 0 Å². The summed E-state index contributed by atoms with van der Waals surface area (Å²) in [5.41, 5.74) is 1.86. The van der Waals surface area contributed by atoms with Crippen molar-refractivity contribution in [1.82, 2.24) is 10.2 Å². The van der Waals surface area contributed by atoms with Crippen LogP contribution in [0.2, 0.25) is 0 Å². The maximum Gasteiger partial charge on any atom is 0.251 e. The van der Waals surface area contributed by atoms with Crippen LogP contribution in [0.4, 0.5) is 5.69 Å². The molecule has 6 heteroatoms. The predicted octanol–water partition coefficient (Wildman–Crippen LogP) is 3.58. The fourth-order valence-electron chi connectivity index (χ4n) is 3.86. The van der Waals surface area contributed by atoms with Crippen molar-refractivity contribution in [3.8, 4) is 5.75 Å². The Balaban J connectivity index is 1.39. The number of piperazine rings is 1. The SMILES string of the molecule is COc1ccc(N2CCN(C(CNC(=O)c3ccccc3)c3ccco3)CC2)cc1. The van der Waals surface area contributed by atoms with Crippen LogP contribution in [0.15, 0.2) is 77.4 Å². The molecule has 30 heavy (non-hydrogen) atoms. The van der Waals surface area contributed by atoms with Crippen molar-refractivity contribution in [3.63, 3.8) is 0 Å². The molecule has 2 aromatic carbocycles. The monoisotopic (exact) mass is 405 g/mol. The van der Waals surface area contributed by atoms with E-state index in [0.717, 1.165) is 37.7 Å². The second-order valence-electron chi connectivity index (χ2n) is 7.33. The molecule has 0 saturated carbocycles. The average Bonchev–Trinajstić information content (AvgIpc) is 3.35. The van der Waals surface area contributed by atoms with Gasteiger partial charge in [-0.3, -0.25) is 9.69 Å². The smallest absolute Gasteiger partial charge is 0.251 e. The number of hydrogen-bond donors (Lipinski definition) is 1. The number of ether oxygens (including phenoxy) is 1. The topological polar surface area (TPSA) is 58.0 Å². The third-order valence-corrected chi connectivity index (χ3v) is 5.56. The Kier molecular flexibility index (Phi) is 6.35.